The van der Waals surface area contributed by atoms with Crippen LogP contribution in [0.4, 0.5) is 5.69 Å². The summed E-state index contributed by atoms with van der Waals surface area (Å²) in [7, 11) is 1.69. The van der Waals surface area contributed by atoms with Crippen molar-refractivity contribution < 1.29 is 4.74 Å². The fourth-order valence-corrected chi connectivity index (χ4v) is 2.28. The molecule has 1 aromatic carbocycles. The van der Waals surface area contributed by atoms with Crippen LogP contribution in [0.1, 0.15) is 31.2 Å². The lowest BCUT2D eigenvalue weighted by molar-refractivity contribution is 0.415. The number of benzene rings is 1. The molecule has 88 valence electrons. The van der Waals surface area contributed by atoms with Crippen LogP contribution in [0.2, 0.25) is 0 Å². The van der Waals surface area contributed by atoms with Gasteiger partial charge in [-0.3, -0.25) is 0 Å². The molecule has 0 unspecified atom stereocenters. The first-order chi connectivity index (χ1) is 7.83. The van der Waals surface area contributed by atoms with Crippen molar-refractivity contribution in [3.05, 3.63) is 23.8 Å². The summed E-state index contributed by atoms with van der Waals surface area (Å²) < 4.78 is 5.24. The van der Waals surface area contributed by atoms with Crippen molar-refractivity contribution in [3.63, 3.8) is 0 Å². The average Bonchev–Trinajstić information content (AvgIpc) is 2.82. The van der Waals surface area contributed by atoms with Crippen LogP contribution < -0.4 is 15.8 Å². The molecule has 1 aliphatic rings. The molecule has 3 heteroatoms. The molecule has 0 radical (unpaired) electrons. The van der Waals surface area contributed by atoms with E-state index in [1.807, 2.05) is 18.2 Å². The molecule has 0 atom stereocenters. The van der Waals surface area contributed by atoms with Crippen molar-refractivity contribution in [2.45, 2.75) is 38.3 Å². The topological polar surface area (TPSA) is 47.3 Å². The third-order valence-electron chi connectivity index (χ3n) is 3.25. The highest BCUT2D eigenvalue weighted by Gasteiger charge is 2.15. The van der Waals surface area contributed by atoms with Crippen LogP contribution in [0.5, 0.6) is 5.75 Å². The monoisotopic (exact) mass is 220 g/mol. The van der Waals surface area contributed by atoms with Gasteiger partial charge in [0.25, 0.3) is 0 Å². The lowest BCUT2D eigenvalue weighted by Gasteiger charge is -2.17. The Hall–Kier alpha value is -1.22. The van der Waals surface area contributed by atoms with E-state index in [4.69, 9.17) is 10.5 Å². The Bertz CT molecular complexity index is 346. The zero-order valence-electron chi connectivity index (χ0n) is 9.83. The molecule has 0 heterocycles. The SMILES string of the molecule is COc1ccc(CN)c(NC2CCCC2)c1. The second-order valence-corrected chi connectivity index (χ2v) is 4.35. The minimum atomic E-state index is 0.568. The minimum absolute atomic E-state index is 0.568. The van der Waals surface area contributed by atoms with Gasteiger partial charge in [0.2, 0.25) is 0 Å². The first kappa shape index (κ1) is 11.3. The van der Waals surface area contributed by atoms with Gasteiger partial charge in [0, 0.05) is 24.3 Å². The van der Waals surface area contributed by atoms with Crippen LogP contribution in [0, 0.1) is 0 Å². The van der Waals surface area contributed by atoms with Crippen molar-refractivity contribution >= 4 is 5.69 Å². The van der Waals surface area contributed by atoms with Crippen LogP contribution >= 0.6 is 0 Å². The molecule has 0 saturated heterocycles. The van der Waals surface area contributed by atoms with Gasteiger partial charge >= 0.3 is 0 Å². The largest absolute Gasteiger partial charge is 0.497 e. The molecule has 0 spiro atoms. The number of hydrogen-bond donors (Lipinski definition) is 2. The van der Waals surface area contributed by atoms with E-state index >= 15 is 0 Å². The molecular weight excluding hydrogens is 200 g/mol. The Labute approximate surface area is 97.0 Å². The van der Waals surface area contributed by atoms with Crippen molar-refractivity contribution in [1.29, 1.82) is 0 Å². The summed E-state index contributed by atoms with van der Waals surface area (Å²) in [5.74, 6) is 0.887. The Balaban J connectivity index is 2.15. The van der Waals surface area contributed by atoms with Crippen molar-refractivity contribution in [2.24, 2.45) is 5.73 Å². The number of hydrogen-bond acceptors (Lipinski definition) is 3. The number of methoxy groups -OCH3 is 1. The van der Waals surface area contributed by atoms with Crippen molar-refractivity contribution in [2.75, 3.05) is 12.4 Å². The zero-order chi connectivity index (χ0) is 11.4. The molecule has 0 bridgehead atoms. The normalized spacial score (nSPS) is 16.4. The smallest absolute Gasteiger partial charge is 0.120 e. The first-order valence-corrected chi connectivity index (χ1v) is 5.97. The molecule has 1 aromatic rings. The lowest BCUT2D eigenvalue weighted by atomic mass is 10.1. The van der Waals surface area contributed by atoms with Gasteiger partial charge in [0.05, 0.1) is 7.11 Å². The van der Waals surface area contributed by atoms with Gasteiger partial charge < -0.3 is 15.8 Å². The molecular formula is C13H20N2O. The fourth-order valence-electron chi connectivity index (χ4n) is 2.28. The maximum atomic E-state index is 5.74. The van der Waals surface area contributed by atoms with Crippen LogP contribution in [0.3, 0.4) is 0 Å². The standard InChI is InChI=1S/C13H20N2O/c1-16-12-7-6-10(9-14)13(8-12)15-11-4-2-3-5-11/h6-8,11,15H,2-5,9,14H2,1H3. The predicted octanol–water partition coefficient (Wildman–Crippen LogP) is 2.51. The Morgan fingerprint density at radius 3 is 2.75 bits per heavy atom. The van der Waals surface area contributed by atoms with Gasteiger partial charge in [0.15, 0.2) is 0 Å². The van der Waals surface area contributed by atoms with Gasteiger partial charge in [-0.2, -0.15) is 0 Å². The van der Waals surface area contributed by atoms with Crippen molar-refractivity contribution in [3.8, 4) is 5.75 Å². The van der Waals surface area contributed by atoms with E-state index in [2.05, 4.69) is 5.32 Å². The Morgan fingerprint density at radius 2 is 2.12 bits per heavy atom. The second-order valence-electron chi connectivity index (χ2n) is 4.35. The summed E-state index contributed by atoms with van der Waals surface area (Å²) in [6, 6.07) is 6.65. The number of ether oxygens (including phenoxy) is 1. The highest BCUT2D eigenvalue weighted by Crippen LogP contribution is 2.27. The van der Waals surface area contributed by atoms with Gasteiger partial charge in [0.1, 0.15) is 5.75 Å². The highest BCUT2D eigenvalue weighted by atomic mass is 16.5. The van der Waals surface area contributed by atoms with Gasteiger partial charge in [-0.05, 0) is 24.5 Å². The van der Waals surface area contributed by atoms with Gasteiger partial charge in [-0.15, -0.1) is 0 Å². The summed E-state index contributed by atoms with van der Waals surface area (Å²) >= 11 is 0. The second kappa shape index (κ2) is 5.21. The number of rotatable bonds is 4. The quantitative estimate of drug-likeness (QED) is 0.819. The summed E-state index contributed by atoms with van der Waals surface area (Å²) in [5, 5.41) is 3.58. The molecule has 0 aromatic heterocycles. The summed E-state index contributed by atoms with van der Waals surface area (Å²) in [4.78, 5) is 0. The first-order valence-electron chi connectivity index (χ1n) is 5.97. The van der Waals surface area contributed by atoms with Crippen LogP contribution in [0.15, 0.2) is 18.2 Å². The third-order valence-corrected chi connectivity index (χ3v) is 3.25. The number of anilines is 1. The molecule has 1 saturated carbocycles. The zero-order valence-corrected chi connectivity index (χ0v) is 9.83. The Kier molecular flexibility index (Phi) is 3.67. The molecule has 0 amide bonds. The number of nitrogens with two attached hydrogens (primary N) is 1. The van der Waals surface area contributed by atoms with Gasteiger partial charge in [-0.1, -0.05) is 18.9 Å². The molecule has 16 heavy (non-hydrogen) atoms. The van der Waals surface area contributed by atoms with E-state index < -0.39 is 0 Å². The summed E-state index contributed by atoms with van der Waals surface area (Å²) in [6.45, 7) is 0.568. The molecule has 2 rings (SSSR count). The molecule has 3 nitrogen and oxygen atoms in total. The fraction of sp³-hybridized carbons (Fsp3) is 0.538. The van der Waals surface area contributed by atoms with E-state index in [-0.39, 0.29) is 0 Å². The number of nitrogens with one attached hydrogen (secondary N) is 1. The molecule has 1 aliphatic carbocycles. The average molecular weight is 220 g/mol. The van der Waals surface area contributed by atoms with E-state index in [0.29, 0.717) is 12.6 Å². The van der Waals surface area contributed by atoms with Crippen LogP contribution in [-0.4, -0.2) is 13.2 Å². The van der Waals surface area contributed by atoms with E-state index in [0.717, 1.165) is 17.0 Å². The summed E-state index contributed by atoms with van der Waals surface area (Å²) in [6.07, 6.45) is 5.20. The Morgan fingerprint density at radius 1 is 1.38 bits per heavy atom. The minimum Gasteiger partial charge on any atom is -0.497 e. The summed E-state index contributed by atoms with van der Waals surface area (Å²) in [5.41, 5.74) is 8.03. The molecule has 0 aliphatic heterocycles. The highest BCUT2D eigenvalue weighted by molar-refractivity contribution is 5.55. The van der Waals surface area contributed by atoms with E-state index in [1.165, 1.54) is 25.7 Å². The van der Waals surface area contributed by atoms with Crippen molar-refractivity contribution in [1.82, 2.24) is 0 Å². The van der Waals surface area contributed by atoms with Crippen LogP contribution in [0.25, 0.3) is 0 Å². The lowest BCUT2D eigenvalue weighted by Crippen LogP contribution is -2.16. The van der Waals surface area contributed by atoms with E-state index in [9.17, 15) is 0 Å². The maximum absolute atomic E-state index is 5.74. The van der Waals surface area contributed by atoms with Crippen LogP contribution in [-0.2, 0) is 6.54 Å². The van der Waals surface area contributed by atoms with Gasteiger partial charge in [-0.25, -0.2) is 0 Å². The molecule has 3 N–H and O–H groups in total. The van der Waals surface area contributed by atoms with E-state index in [1.54, 1.807) is 7.11 Å². The maximum Gasteiger partial charge on any atom is 0.120 e. The molecule has 1 fully saturated rings. The third kappa shape index (κ3) is 2.47. The predicted molar refractivity (Wildman–Crippen MR) is 66.8 cm³/mol.